The van der Waals surface area contributed by atoms with E-state index < -0.39 is 5.82 Å². The Hall–Kier alpha value is -2.10. The highest BCUT2D eigenvalue weighted by Gasteiger charge is 2.13. The average Bonchev–Trinajstić information content (AvgIpc) is 2.28. The Labute approximate surface area is 98.3 Å². The monoisotopic (exact) mass is 230 g/mol. The van der Waals surface area contributed by atoms with Gasteiger partial charge in [0.05, 0.1) is 6.20 Å². The zero-order chi connectivity index (χ0) is 12.4. The van der Waals surface area contributed by atoms with Crippen LogP contribution in [0.5, 0.6) is 0 Å². The van der Waals surface area contributed by atoms with Gasteiger partial charge in [0.2, 0.25) is 0 Å². The lowest BCUT2D eigenvalue weighted by molar-refractivity contribution is 0.103. The highest BCUT2D eigenvalue weighted by molar-refractivity contribution is 6.09. The molecule has 2 aromatic heterocycles. The van der Waals surface area contributed by atoms with E-state index in [-0.39, 0.29) is 11.3 Å². The van der Waals surface area contributed by atoms with E-state index in [2.05, 4.69) is 9.97 Å². The summed E-state index contributed by atoms with van der Waals surface area (Å²) in [5.74, 6) is -0.782. The maximum atomic E-state index is 13.0. The van der Waals surface area contributed by atoms with Crippen molar-refractivity contribution in [3.63, 3.8) is 0 Å². The van der Waals surface area contributed by atoms with Gasteiger partial charge in [0.25, 0.3) is 0 Å². The van der Waals surface area contributed by atoms with Crippen LogP contribution in [0.4, 0.5) is 4.39 Å². The Bertz CT molecular complexity index is 581. The topological polar surface area (TPSA) is 42.9 Å². The van der Waals surface area contributed by atoms with Gasteiger partial charge in [0, 0.05) is 28.7 Å². The predicted molar refractivity (Wildman–Crippen MR) is 61.3 cm³/mol. The fourth-order valence-electron chi connectivity index (χ4n) is 1.62. The van der Waals surface area contributed by atoms with Gasteiger partial charge in [-0.3, -0.25) is 14.8 Å². The number of hydrogen-bond donors (Lipinski definition) is 0. The summed E-state index contributed by atoms with van der Waals surface area (Å²) < 4.78 is 13.0. The summed E-state index contributed by atoms with van der Waals surface area (Å²) in [5.41, 5.74) is 2.19. The van der Waals surface area contributed by atoms with E-state index in [1.54, 1.807) is 19.1 Å². The molecule has 2 rings (SSSR count). The molecule has 0 aliphatic carbocycles. The smallest absolute Gasteiger partial charge is 0.196 e. The molecule has 0 aliphatic rings. The van der Waals surface area contributed by atoms with Crippen LogP contribution in [0, 0.1) is 19.7 Å². The zero-order valence-electron chi connectivity index (χ0n) is 9.57. The molecule has 0 radical (unpaired) electrons. The fourth-order valence-corrected chi connectivity index (χ4v) is 1.62. The molecule has 0 unspecified atom stereocenters. The lowest BCUT2D eigenvalue weighted by Gasteiger charge is -2.05. The van der Waals surface area contributed by atoms with Gasteiger partial charge in [0.1, 0.15) is 5.82 Å². The number of aromatic nitrogens is 2. The summed E-state index contributed by atoms with van der Waals surface area (Å²) in [6.45, 7) is 3.61. The maximum absolute atomic E-state index is 13.0. The number of hydrogen-bond acceptors (Lipinski definition) is 3. The van der Waals surface area contributed by atoms with Crippen LogP contribution in [0.25, 0.3) is 0 Å². The second-order valence-corrected chi connectivity index (χ2v) is 3.81. The SMILES string of the molecule is Cc1ccc(C(=O)c2cncc(F)c2)c(C)n1. The number of nitrogens with zero attached hydrogens (tertiary/aromatic N) is 2. The van der Waals surface area contributed by atoms with Gasteiger partial charge in [-0.1, -0.05) is 0 Å². The Morgan fingerprint density at radius 2 is 2.00 bits per heavy atom. The summed E-state index contributed by atoms with van der Waals surface area (Å²) in [7, 11) is 0. The summed E-state index contributed by atoms with van der Waals surface area (Å²) in [6.07, 6.45) is 2.42. The molecule has 0 saturated carbocycles. The summed E-state index contributed by atoms with van der Waals surface area (Å²) in [5, 5.41) is 0. The molecule has 0 atom stereocenters. The molecule has 0 fully saturated rings. The van der Waals surface area contributed by atoms with Gasteiger partial charge in [-0.05, 0) is 32.0 Å². The van der Waals surface area contributed by atoms with E-state index in [4.69, 9.17) is 0 Å². The first-order valence-corrected chi connectivity index (χ1v) is 5.17. The molecule has 0 aromatic carbocycles. The lowest BCUT2D eigenvalue weighted by Crippen LogP contribution is -2.06. The van der Waals surface area contributed by atoms with Crippen LogP contribution in [-0.4, -0.2) is 15.8 Å². The molecule has 17 heavy (non-hydrogen) atoms. The van der Waals surface area contributed by atoms with E-state index >= 15 is 0 Å². The van der Waals surface area contributed by atoms with Crippen LogP contribution in [0.3, 0.4) is 0 Å². The predicted octanol–water partition coefficient (Wildman–Crippen LogP) is 2.46. The molecule has 86 valence electrons. The molecular formula is C13H11FN2O. The molecule has 3 nitrogen and oxygen atoms in total. The van der Waals surface area contributed by atoms with E-state index in [1.807, 2.05) is 6.92 Å². The first-order valence-electron chi connectivity index (χ1n) is 5.17. The van der Waals surface area contributed by atoms with Crippen molar-refractivity contribution in [2.75, 3.05) is 0 Å². The Morgan fingerprint density at radius 1 is 1.24 bits per heavy atom. The second kappa shape index (κ2) is 4.41. The molecule has 2 heterocycles. The van der Waals surface area contributed by atoms with Crippen LogP contribution in [0.1, 0.15) is 27.3 Å². The number of pyridine rings is 2. The largest absolute Gasteiger partial charge is 0.288 e. The fraction of sp³-hybridized carbons (Fsp3) is 0.154. The van der Waals surface area contributed by atoms with Crippen molar-refractivity contribution >= 4 is 5.78 Å². The summed E-state index contributed by atoms with van der Waals surface area (Å²) in [4.78, 5) is 20.0. The minimum Gasteiger partial charge on any atom is -0.288 e. The Morgan fingerprint density at radius 3 is 2.65 bits per heavy atom. The molecule has 0 bridgehead atoms. The number of halogens is 1. The lowest BCUT2D eigenvalue weighted by atomic mass is 10.0. The van der Waals surface area contributed by atoms with Gasteiger partial charge in [-0.25, -0.2) is 4.39 Å². The van der Waals surface area contributed by atoms with Crippen LogP contribution in [0.15, 0.2) is 30.6 Å². The summed E-state index contributed by atoms with van der Waals surface area (Å²) >= 11 is 0. The van der Waals surface area contributed by atoms with Crippen molar-refractivity contribution in [3.05, 3.63) is 58.9 Å². The molecule has 0 spiro atoms. The number of carbonyl (C=O) groups excluding carboxylic acids is 1. The number of aryl methyl sites for hydroxylation is 2. The standard InChI is InChI=1S/C13H11FN2O/c1-8-3-4-12(9(2)16-8)13(17)10-5-11(14)7-15-6-10/h3-7H,1-2H3. The minimum absolute atomic E-state index is 0.235. The van der Waals surface area contributed by atoms with Crippen LogP contribution in [-0.2, 0) is 0 Å². The first kappa shape index (κ1) is 11.4. The normalized spacial score (nSPS) is 10.3. The first-order chi connectivity index (χ1) is 8.08. The maximum Gasteiger partial charge on any atom is 0.196 e. The van der Waals surface area contributed by atoms with Crippen molar-refractivity contribution < 1.29 is 9.18 Å². The van der Waals surface area contributed by atoms with Gasteiger partial charge >= 0.3 is 0 Å². The third-order valence-corrected chi connectivity index (χ3v) is 2.44. The summed E-state index contributed by atoms with van der Waals surface area (Å²) in [6, 6.07) is 4.63. The van der Waals surface area contributed by atoms with Crippen molar-refractivity contribution in [1.82, 2.24) is 9.97 Å². The third-order valence-electron chi connectivity index (χ3n) is 2.44. The average molecular weight is 230 g/mol. The van der Waals surface area contributed by atoms with Crippen molar-refractivity contribution in [2.24, 2.45) is 0 Å². The highest BCUT2D eigenvalue weighted by atomic mass is 19.1. The van der Waals surface area contributed by atoms with E-state index in [0.29, 0.717) is 11.3 Å². The van der Waals surface area contributed by atoms with Crippen LogP contribution >= 0.6 is 0 Å². The van der Waals surface area contributed by atoms with Gasteiger partial charge in [-0.2, -0.15) is 0 Å². The number of rotatable bonds is 2. The minimum atomic E-state index is -0.520. The van der Waals surface area contributed by atoms with Gasteiger partial charge in [0.15, 0.2) is 5.78 Å². The van der Waals surface area contributed by atoms with Crippen LogP contribution < -0.4 is 0 Å². The molecule has 0 aliphatic heterocycles. The highest BCUT2D eigenvalue weighted by Crippen LogP contribution is 2.13. The van der Waals surface area contributed by atoms with E-state index in [0.717, 1.165) is 11.9 Å². The molecule has 4 heteroatoms. The number of carbonyl (C=O) groups is 1. The molecule has 0 amide bonds. The van der Waals surface area contributed by atoms with Gasteiger partial charge < -0.3 is 0 Å². The van der Waals surface area contributed by atoms with E-state index in [9.17, 15) is 9.18 Å². The zero-order valence-corrected chi connectivity index (χ0v) is 9.57. The van der Waals surface area contributed by atoms with E-state index in [1.165, 1.54) is 12.3 Å². The Balaban J connectivity index is 2.44. The quantitative estimate of drug-likeness (QED) is 0.744. The van der Waals surface area contributed by atoms with Crippen LogP contribution in [0.2, 0.25) is 0 Å². The van der Waals surface area contributed by atoms with Crippen molar-refractivity contribution in [2.45, 2.75) is 13.8 Å². The molecular weight excluding hydrogens is 219 g/mol. The number of ketones is 1. The van der Waals surface area contributed by atoms with Crippen molar-refractivity contribution in [3.8, 4) is 0 Å². The molecule has 0 N–H and O–H groups in total. The Kier molecular flexibility index (Phi) is 2.95. The second-order valence-electron chi connectivity index (χ2n) is 3.81. The third kappa shape index (κ3) is 2.36. The van der Waals surface area contributed by atoms with Crippen molar-refractivity contribution in [1.29, 1.82) is 0 Å². The van der Waals surface area contributed by atoms with Gasteiger partial charge in [-0.15, -0.1) is 0 Å². The molecule has 2 aromatic rings. The molecule has 0 saturated heterocycles.